The number of nitrogens with two attached hydrogens (primary N) is 1. The van der Waals surface area contributed by atoms with Crippen LogP contribution >= 0.6 is 15.9 Å². The molecular formula is C7H11BrN4O. The molecule has 0 spiro atoms. The summed E-state index contributed by atoms with van der Waals surface area (Å²) in [5.74, 6) is 0.436. The van der Waals surface area contributed by atoms with Gasteiger partial charge in [-0.3, -0.25) is 9.89 Å². The molecule has 72 valence electrons. The predicted molar refractivity (Wildman–Crippen MR) is 53.2 cm³/mol. The molecule has 6 heteroatoms. The number of nitrogens with zero attached hydrogens (tertiary/aromatic N) is 1. The largest absolute Gasteiger partial charge is 0.327 e. The van der Waals surface area contributed by atoms with Crippen molar-refractivity contribution in [3.05, 3.63) is 10.7 Å². The summed E-state index contributed by atoms with van der Waals surface area (Å²) in [4.78, 5) is 11.2. The summed E-state index contributed by atoms with van der Waals surface area (Å²) < 4.78 is 0.727. The Hall–Kier alpha value is -0.880. The Balaban J connectivity index is 2.50. The van der Waals surface area contributed by atoms with Gasteiger partial charge in [0.2, 0.25) is 5.91 Å². The highest BCUT2D eigenvalue weighted by molar-refractivity contribution is 9.10. The van der Waals surface area contributed by atoms with Crippen molar-refractivity contribution >= 4 is 27.7 Å². The summed E-state index contributed by atoms with van der Waals surface area (Å²) in [6.07, 6.45) is 1.87. The first-order valence-corrected chi connectivity index (χ1v) is 4.63. The van der Waals surface area contributed by atoms with E-state index in [0.29, 0.717) is 12.2 Å². The van der Waals surface area contributed by atoms with Gasteiger partial charge < -0.3 is 11.1 Å². The van der Waals surface area contributed by atoms with E-state index in [2.05, 4.69) is 31.4 Å². The van der Waals surface area contributed by atoms with Crippen molar-refractivity contribution in [1.82, 2.24) is 10.2 Å². The van der Waals surface area contributed by atoms with E-state index in [4.69, 9.17) is 5.73 Å². The molecule has 1 aromatic heterocycles. The molecule has 1 aromatic rings. The van der Waals surface area contributed by atoms with Crippen LogP contribution in [0.2, 0.25) is 0 Å². The summed E-state index contributed by atoms with van der Waals surface area (Å²) in [6, 6.07) is -0.137. The van der Waals surface area contributed by atoms with Crippen LogP contribution in [-0.4, -0.2) is 22.1 Å². The van der Waals surface area contributed by atoms with Crippen LogP contribution in [0.3, 0.4) is 0 Å². The van der Waals surface area contributed by atoms with Crippen molar-refractivity contribution in [2.24, 2.45) is 5.73 Å². The van der Waals surface area contributed by atoms with Gasteiger partial charge >= 0.3 is 0 Å². The van der Waals surface area contributed by atoms with Crippen LogP contribution in [0.4, 0.5) is 5.82 Å². The van der Waals surface area contributed by atoms with E-state index in [0.717, 1.165) is 4.47 Å². The molecule has 1 atom stereocenters. The Morgan fingerprint density at radius 2 is 2.62 bits per heavy atom. The number of halogens is 1. The van der Waals surface area contributed by atoms with Gasteiger partial charge in [0.25, 0.3) is 0 Å². The maximum Gasteiger partial charge on any atom is 0.227 e. The molecule has 0 aliphatic rings. The molecule has 0 aromatic carbocycles. The number of anilines is 1. The van der Waals surface area contributed by atoms with Gasteiger partial charge in [-0.15, -0.1) is 0 Å². The Bertz CT molecular complexity index is 296. The van der Waals surface area contributed by atoms with Crippen LogP contribution in [0.5, 0.6) is 0 Å². The zero-order valence-corrected chi connectivity index (χ0v) is 8.76. The number of carbonyl (C=O) groups is 1. The highest BCUT2D eigenvalue weighted by Gasteiger charge is 2.08. The molecule has 0 saturated heterocycles. The lowest BCUT2D eigenvalue weighted by Crippen LogP contribution is -2.24. The molecule has 5 nitrogen and oxygen atoms in total. The number of hydrogen-bond donors (Lipinski definition) is 3. The minimum atomic E-state index is -0.137. The van der Waals surface area contributed by atoms with Crippen molar-refractivity contribution < 1.29 is 4.79 Å². The molecule has 1 amide bonds. The molecule has 4 N–H and O–H groups in total. The molecule has 0 saturated carbocycles. The lowest BCUT2D eigenvalue weighted by atomic mass is 10.2. The summed E-state index contributed by atoms with van der Waals surface area (Å²) in [5.41, 5.74) is 5.46. The van der Waals surface area contributed by atoms with Gasteiger partial charge in [0.15, 0.2) is 0 Å². The van der Waals surface area contributed by atoms with Gasteiger partial charge in [0.05, 0.1) is 10.7 Å². The van der Waals surface area contributed by atoms with E-state index in [1.54, 1.807) is 13.1 Å². The van der Waals surface area contributed by atoms with E-state index in [1.165, 1.54) is 0 Å². The number of aromatic amines is 1. The van der Waals surface area contributed by atoms with Gasteiger partial charge in [0, 0.05) is 12.5 Å². The molecule has 0 aliphatic carbocycles. The van der Waals surface area contributed by atoms with Gasteiger partial charge in [-0.2, -0.15) is 5.10 Å². The highest BCUT2D eigenvalue weighted by atomic mass is 79.9. The third-order valence-corrected chi connectivity index (χ3v) is 1.97. The summed E-state index contributed by atoms with van der Waals surface area (Å²) in [7, 11) is 0. The lowest BCUT2D eigenvalue weighted by Gasteiger charge is -2.05. The van der Waals surface area contributed by atoms with Crippen LogP contribution in [0.15, 0.2) is 10.7 Å². The van der Waals surface area contributed by atoms with E-state index in [-0.39, 0.29) is 11.9 Å². The fraction of sp³-hybridized carbons (Fsp3) is 0.429. The third-order valence-electron chi connectivity index (χ3n) is 1.36. The average molecular weight is 247 g/mol. The van der Waals surface area contributed by atoms with Crippen molar-refractivity contribution in [3.63, 3.8) is 0 Å². The first kappa shape index (κ1) is 10.2. The molecule has 0 fully saturated rings. The van der Waals surface area contributed by atoms with E-state index in [9.17, 15) is 4.79 Å². The zero-order valence-electron chi connectivity index (χ0n) is 7.17. The minimum absolute atomic E-state index is 0.125. The Kier molecular flexibility index (Phi) is 3.44. The van der Waals surface area contributed by atoms with Gasteiger partial charge in [-0.25, -0.2) is 0 Å². The van der Waals surface area contributed by atoms with Gasteiger partial charge in [-0.05, 0) is 22.9 Å². The lowest BCUT2D eigenvalue weighted by molar-refractivity contribution is -0.116. The summed E-state index contributed by atoms with van der Waals surface area (Å²) in [6.45, 7) is 1.78. The second-order valence-electron chi connectivity index (χ2n) is 2.82. The number of hydrogen-bond acceptors (Lipinski definition) is 3. The molecule has 0 radical (unpaired) electrons. The Morgan fingerprint density at radius 1 is 1.92 bits per heavy atom. The highest BCUT2D eigenvalue weighted by Crippen LogP contribution is 2.17. The quantitative estimate of drug-likeness (QED) is 0.740. The first-order chi connectivity index (χ1) is 6.09. The topological polar surface area (TPSA) is 83.8 Å². The number of rotatable bonds is 3. The SMILES string of the molecule is CC(N)CC(=O)Nc1[nH]ncc1Br. The van der Waals surface area contributed by atoms with Crippen molar-refractivity contribution in [2.45, 2.75) is 19.4 Å². The fourth-order valence-corrected chi connectivity index (χ4v) is 1.13. The van der Waals surface area contributed by atoms with Crippen LogP contribution < -0.4 is 11.1 Å². The number of H-pyrrole nitrogens is 1. The fourth-order valence-electron chi connectivity index (χ4n) is 0.842. The first-order valence-electron chi connectivity index (χ1n) is 3.84. The van der Waals surface area contributed by atoms with Crippen LogP contribution in [0.25, 0.3) is 0 Å². The van der Waals surface area contributed by atoms with Crippen LogP contribution in [0, 0.1) is 0 Å². The van der Waals surface area contributed by atoms with Crippen molar-refractivity contribution in [3.8, 4) is 0 Å². The molecule has 1 rings (SSSR count). The summed E-state index contributed by atoms with van der Waals surface area (Å²) in [5, 5.41) is 9.01. The van der Waals surface area contributed by atoms with Gasteiger partial charge in [-0.1, -0.05) is 0 Å². The molecule has 1 heterocycles. The monoisotopic (exact) mass is 246 g/mol. The Morgan fingerprint density at radius 3 is 3.08 bits per heavy atom. The second-order valence-corrected chi connectivity index (χ2v) is 3.68. The Labute approximate surface area is 84.2 Å². The average Bonchev–Trinajstić information content (AvgIpc) is 2.34. The standard InChI is InChI=1S/C7H11BrN4O/c1-4(9)2-6(13)11-7-5(8)3-10-12-7/h3-4H,2,9H2,1H3,(H2,10,11,12,13). The van der Waals surface area contributed by atoms with E-state index in [1.807, 2.05) is 0 Å². The molecule has 0 bridgehead atoms. The number of carbonyl (C=O) groups excluding carboxylic acids is 1. The number of amides is 1. The van der Waals surface area contributed by atoms with Crippen LogP contribution in [0.1, 0.15) is 13.3 Å². The number of aromatic nitrogens is 2. The van der Waals surface area contributed by atoms with Crippen molar-refractivity contribution in [1.29, 1.82) is 0 Å². The molecular weight excluding hydrogens is 236 g/mol. The molecule has 13 heavy (non-hydrogen) atoms. The number of nitrogens with one attached hydrogen (secondary N) is 2. The van der Waals surface area contributed by atoms with Gasteiger partial charge in [0.1, 0.15) is 5.82 Å². The van der Waals surface area contributed by atoms with E-state index < -0.39 is 0 Å². The summed E-state index contributed by atoms with van der Waals surface area (Å²) >= 11 is 3.22. The minimum Gasteiger partial charge on any atom is -0.327 e. The zero-order chi connectivity index (χ0) is 9.84. The third kappa shape index (κ3) is 3.16. The smallest absolute Gasteiger partial charge is 0.227 e. The van der Waals surface area contributed by atoms with Crippen molar-refractivity contribution in [2.75, 3.05) is 5.32 Å². The predicted octanol–water partition coefficient (Wildman–Crippen LogP) is 0.848. The van der Waals surface area contributed by atoms with Crippen LogP contribution in [-0.2, 0) is 4.79 Å². The maximum atomic E-state index is 11.2. The maximum absolute atomic E-state index is 11.2. The normalized spacial score (nSPS) is 12.5. The van der Waals surface area contributed by atoms with E-state index >= 15 is 0 Å². The second kappa shape index (κ2) is 4.38. The molecule has 1 unspecified atom stereocenters. The molecule has 0 aliphatic heterocycles.